The number of nitrogens with one attached hydrogen (secondary N) is 1. The molecular formula is C12H12FN. The smallest absolute Gasteiger partial charge is 0.131 e. The molecule has 14 heavy (non-hydrogen) atoms. The molecule has 0 spiro atoms. The molecule has 2 aromatic carbocycles. The van der Waals surface area contributed by atoms with Crippen molar-refractivity contribution in [3.63, 3.8) is 0 Å². The molecule has 0 aliphatic carbocycles. The quantitative estimate of drug-likeness (QED) is 0.765. The van der Waals surface area contributed by atoms with E-state index in [1.165, 1.54) is 6.07 Å². The third-order valence-corrected chi connectivity index (χ3v) is 2.33. The van der Waals surface area contributed by atoms with Gasteiger partial charge in [-0.1, -0.05) is 30.3 Å². The maximum atomic E-state index is 13.4. The Kier molecular flexibility index (Phi) is 2.46. The number of halogens is 1. The molecule has 1 N–H and O–H groups in total. The molecule has 0 atom stereocenters. The highest BCUT2D eigenvalue weighted by molar-refractivity contribution is 5.86. The molecule has 0 aliphatic rings. The van der Waals surface area contributed by atoms with E-state index in [2.05, 4.69) is 5.32 Å². The van der Waals surface area contributed by atoms with Crippen LogP contribution in [0.3, 0.4) is 0 Å². The summed E-state index contributed by atoms with van der Waals surface area (Å²) in [4.78, 5) is 0. The van der Waals surface area contributed by atoms with Crippen molar-refractivity contribution < 1.29 is 4.39 Å². The van der Waals surface area contributed by atoms with Gasteiger partial charge in [0.1, 0.15) is 5.82 Å². The summed E-state index contributed by atoms with van der Waals surface area (Å²) in [6.07, 6.45) is 0. The summed E-state index contributed by atoms with van der Waals surface area (Å²) >= 11 is 0. The minimum absolute atomic E-state index is 0.152. The van der Waals surface area contributed by atoms with Gasteiger partial charge in [0.25, 0.3) is 0 Å². The van der Waals surface area contributed by atoms with Gasteiger partial charge in [-0.05, 0) is 24.1 Å². The van der Waals surface area contributed by atoms with Gasteiger partial charge in [0.05, 0.1) is 0 Å². The van der Waals surface area contributed by atoms with Crippen LogP contribution in [0.25, 0.3) is 10.8 Å². The second-order valence-electron chi connectivity index (χ2n) is 3.28. The Balaban J connectivity index is 2.68. The van der Waals surface area contributed by atoms with E-state index in [1.54, 1.807) is 0 Å². The highest BCUT2D eigenvalue weighted by Gasteiger charge is 2.03. The molecular weight excluding hydrogens is 177 g/mol. The normalized spacial score (nSPS) is 10.7. The molecule has 2 rings (SSSR count). The van der Waals surface area contributed by atoms with Gasteiger partial charge >= 0.3 is 0 Å². The van der Waals surface area contributed by atoms with Crippen molar-refractivity contribution >= 4 is 10.8 Å². The fraction of sp³-hybridized carbons (Fsp3) is 0.167. The first-order valence-corrected chi connectivity index (χ1v) is 4.63. The van der Waals surface area contributed by atoms with Crippen molar-refractivity contribution in [1.82, 2.24) is 5.32 Å². The largest absolute Gasteiger partial charge is 0.316 e. The summed E-state index contributed by atoms with van der Waals surface area (Å²) in [6.45, 7) is 0.765. The molecule has 0 saturated carbocycles. The minimum atomic E-state index is -0.152. The van der Waals surface area contributed by atoms with Gasteiger partial charge in [-0.25, -0.2) is 4.39 Å². The summed E-state index contributed by atoms with van der Waals surface area (Å²) in [5.74, 6) is -0.152. The first-order valence-electron chi connectivity index (χ1n) is 4.63. The number of benzene rings is 2. The van der Waals surface area contributed by atoms with Crippen LogP contribution in [0.2, 0.25) is 0 Å². The fourth-order valence-corrected chi connectivity index (χ4v) is 1.67. The molecule has 1 nitrogen and oxygen atoms in total. The van der Waals surface area contributed by atoms with E-state index >= 15 is 0 Å². The third-order valence-electron chi connectivity index (χ3n) is 2.33. The van der Waals surface area contributed by atoms with Crippen LogP contribution in [0.5, 0.6) is 0 Å². The van der Waals surface area contributed by atoms with Gasteiger partial charge in [-0.15, -0.1) is 0 Å². The molecule has 2 aromatic rings. The van der Waals surface area contributed by atoms with Gasteiger partial charge in [0, 0.05) is 11.9 Å². The van der Waals surface area contributed by atoms with E-state index in [0.29, 0.717) is 5.39 Å². The topological polar surface area (TPSA) is 12.0 Å². The van der Waals surface area contributed by atoms with Gasteiger partial charge in [0.2, 0.25) is 0 Å². The first kappa shape index (κ1) is 9.16. The standard InChI is InChI=1S/C12H12FN/c1-14-8-9-6-7-12(13)11-5-3-2-4-10(9)11/h2-7,14H,8H2,1H3. The van der Waals surface area contributed by atoms with Gasteiger partial charge in [-0.3, -0.25) is 0 Å². The zero-order valence-electron chi connectivity index (χ0n) is 8.05. The van der Waals surface area contributed by atoms with Crippen LogP contribution >= 0.6 is 0 Å². The van der Waals surface area contributed by atoms with Crippen LogP contribution < -0.4 is 5.32 Å². The van der Waals surface area contributed by atoms with Gasteiger partial charge in [-0.2, -0.15) is 0 Å². The number of rotatable bonds is 2. The average molecular weight is 189 g/mol. The molecule has 0 aromatic heterocycles. The lowest BCUT2D eigenvalue weighted by atomic mass is 10.0. The van der Waals surface area contributed by atoms with E-state index in [4.69, 9.17) is 0 Å². The Hall–Kier alpha value is -1.41. The Bertz CT molecular complexity index is 451. The molecule has 0 amide bonds. The Morgan fingerprint density at radius 3 is 2.50 bits per heavy atom. The molecule has 0 radical (unpaired) electrons. The van der Waals surface area contributed by atoms with Crippen LogP contribution in [0.4, 0.5) is 4.39 Å². The number of hydrogen-bond donors (Lipinski definition) is 1. The van der Waals surface area contributed by atoms with Crippen LogP contribution in [0, 0.1) is 5.82 Å². The van der Waals surface area contributed by atoms with Crippen molar-refractivity contribution in [2.45, 2.75) is 6.54 Å². The van der Waals surface area contributed by atoms with E-state index < -0.39 is 0 Å². The highest BCUT2D eigenvalue weighted by Crippen LogP contribution is 2.21. The lowest BCUT2D eigenvalue weighted by molar-refractivity contribution is 0.639. The van der Waals surface area contributed by atoms with Crippen LogP contribution in [0.1, 0.15) is 5.56 Å². The zero-order valence-corrected chi connectivity index (χ0v) is 8.05. The van der Waals surface area contributed by atoms with Crippen molar-refractivity contribution in [1.29, 1.82) is 0 Å². The fourth-order valence-electron chi connectivity index (χ4n) is 1.67. The highest BCUT2D eigenvalue weighted by atomic mass is 19.1. The zero-order chi connectivity index (χ0) is 9.97. The number of fused-ring (bicyclic) bond motifs is 1. The average Bonchev–Trinajstić information content (AvgIpc) is 2.23. The van der Waals surface area contributed by atoms with Crippen LogP contribution in [-0.2, 0) is 6.54 Å². The third kappa shape index (κ3) is 1.49. The summed E-state index contributed by atoms with van der Waals surface area (Å²) in [7, 11) is 1.89. The van der Waals surface area contributed by atoms with Crippen LogP contribution in [0.15, 0.2) is 36.4 Å². The number of hydrogen-bond acceptors (Lipinski definition) is 1. The molecule has 0 aliphatic heterocycles. The SMILES string of the molecule is CNCc1ccc(F)c2ccccc12. The first-order chi connectivity index (χ1) is 6.83. The monoisotopic (exact) mass is 189 g/mol. The second kappa shape index (κ2) is 3.76. The summed E-state index contributed by atoms with van der Waals surface area (Å²) in [5, 5.41) is 4.76. The Morgan fingerprint density at radius 1 is 1.07 bits per heavy atom. The molecule has 2 heteroatoms. The minimum Gasteiger partial charge on any atom is -0.316 e. The van der Waals surface area contributed by atoms with E-state index in [-0.39, 0.29) is 5.82 Å². The molecule has 0 unspecified atom stereocenters. The Labute approximate surface area is 82.6 Å². The van der Waals surface area contributed by atoms with Crippen molar-refractivity contribution in [3.05, 3.63) is 47.8 Å². The summed E-state index contributed by atoms with van der Waals surface area (Å²) in [5.41, 5.74) is 1.13. The summed E-state index contributed by atoms with van der Waals surface area (Å²) < 4.78 is 13.4. The lowest BCUT2D eigenvalue weighted by Gasteiger charge is -2.06. The lowest BCUT2D eigenvalue weighted by Crippen LogP contribution is -2.05. The Morgan fingerprint density at radius 2 is 1.79 bits per heavy atom. The van der Waals surface area contributed by atoms with E-state index in [1.807, 2.05) is 37.4 Å². The van der Waals surface area contributed by atoms with Gasteiger partial charge in [0.15, 0.2) is 0 Å². The summed E-state index contributed by atoms with van der Waals surface area (Å²) in [6, 6.07) is 10.9. The predicted octanol–water partition coefficient (Wildman–Crippen LogP) is 2.70. The predicted molar refractivity (Wildman–Crippen MR) is 56.7 cm³/mol. The van der Waals surface area contributed by atoms with Gasteiger partial charge < -0.3 is 5.32 Å². The van der Waals surface area contributed by atoms with Crippen molar-refractivity contribution in [2.24, 2.45) is 0 Å². The van der Waals surface area contributed by atoms with E-state index in [0.717, 1.165) is 17.5 Å². The molecule has 0 heterocycles. The van der Waals surface area contributed by atoms with Crippen molar-refractivity contribution in [2.75, 3.05) is 7.05 Å². The molecule has 72 valence electrons. The van der Waals surface area contributed by atoms with E-state index in [9.17, 15) is 4.39 Å². The molecule has 0 bridgehead atoms. The molecule has 0 fully saturated rings. The molecule has 0 saturated heterocycles. The maximum Gasteiger partial charge on any atom is 0.131 e. The van der Waals surface area contributed by atoms with Crippen LogP contribution in [-0.4, -0.2) is 7.05 Å². The van der Waals surface area contributed by atoms with Crippen molar-refractivity contribution in [3.8, 4) is 0 Å². The maximum absolute atomic E-state index is 13.4. The second-order valence-corrected chi connectivity index (χ2v) is 3.28.